The molecule has 0 unspecified atom stereocenters. The van der Waals surface area contributed by atoms with Crippen LogP contribution in [-0.2, 0) is 32.2 Å². The van der Waals surface area contributed by atoms with Gasteiger partial charge in [-0.3, -0.25) is 39.3 Å². The molecule has 1 aliphatic heterocycles. The number of thiazole rings is 1. The zero-order chi connectivity index (χ0) is 106. The van der Waals surface area contributed by atoms with E-state index in [2.05, 4.69) is 139 Å². The highest BCUT2D eigenvalue weighted by molar-refractivity contribution is 7.10. The molecule has 15 aromatic rings. The van der Waals surface area contributed by atoms with Crippen LogP contribution in [0.3, 0.4) is 0 Å². The molecule has 0 radical (unpaired) electrons. The number of H-pyrrole nitrogens is 3. The van der Waals surface area contributed by atoms with E-state index in [1.54, 1.807) is 86.6 Å². The third-order valence-corrected chi connectivity index (χ3v) is 18.4. The number of ketones is 4. The Labute approximate surface area is 852 Å². The van der Waals surface area contributed by atoms with E-state index in [-0.39, 0.29) is 23.1 Å². The molecule has 1 fully saturated rings. The zero-order valence-electron chi connectivity index (χ0n) is 90.6. The van der Waals surface area contributed by atoms with Gasteiger partial charge in [0, 0.05) is 170 Å². The monoisotopic (exact) mass is 1920 g/mol. The Hall–Kier alpha value is -14.5. The maximum Gasteiger partial charge on any atom is 0.167 e. The average molecular weight is 1920 g/mol. The van der Waals surface area contributed by atoms with Crippen molar-refractivity contribution >= 4 is 34.5 Å². The van der Waals surface area contributed by atoms with Gasteiger partial charge in [0.15, 0.2) is 23.1 Å². The molecule has 20 heteroatoms. The molecule has 0 bridgehead atoms. The predicted molar refractivity (Wildman–Crippen MR) is 600 cm³/mol. The van der Waals surface area contributed by atoms with Gasteiger partial charge in [0.25, 0.3) is 0 Å². The van der Waals surface area contributed by atoms with E-state index in [0.29, 0.717) is 47.9 Å². The van der Waals surface area contributed by atoms with Gasteiger partial charge in [0.2, 0.25) is 0 Å². The van der Waals surface area contributed by atoms with Crippen LogP contribution in [0.2, 0.25) is 0 Å². The fourth-order valence-corrected chi connectivity index (χ4v) is 12.2. The summed E-state index contributed by atoms with van der Waals surface area (Å²) in [5.74, 6) is 24.7. The molecule has 0 atom stereocenters. The molecule has 1 saturated heterocycles. The molecule has 3 N–H and O–H groups in total. The number of likely N-dealkylation sites (N-methyl/N-ethyl adjacent to an activating group) is 1. The predicted octanol–water partition coefficient (Wildman–Crippen LogP) is 29.4. The quantitative estimate of drug-likeness (QED) is 0.0570. The number of hydrogen-bond acceptors (Lipinski definition) is 14. The fourth-order valence-electron chi connectivity index (χ4n) is 11.8. The summed E-state index contributed by atoms with van der Waals surface area (Å²) in [6, 6.07) is 61.9. The number of aromatic nitrogens is 13. The number of carbonyl (C=O) groups is 4. The molecule has 141 heavy (non-hydrogen) atoms. The van der Waals surface area contributed by atoms with Gasteiger partial charge in [-0.2, -0.15) is 10.2 Å². The Morgan fingerprint density at radius 2 is 0.624 bits per heavy atom. The topological polar surface area (TPSA) is 227 Å². The molecule has 0 aliphatic carbocycles. The lowest BCUT2D eigenvalue weighted by atomic mass is 10.0. The van der Waals surface area contributed by atoms with Crippen molar-refractivity contribution in [3.63, 3.8) is 0 Å². The van der Waals surface area contributed by atoms with E-state index in [0.717, 1.165) is 116 Å². The van der Waals surface area contributed by atoms with Gasteiger partial charge in [0.1, 0.15) is 5.69 Å². The van der Waals surface area contributed by atoms with E-state index in [1.165, 1.54) is 16.9 Å². The van der Waals surface area contributed by atoms with Crippen molar-refractivity contribution in [1.82, 2.24) is 73.8 Å². The van der Waals surface area contributed by atoms with Crippen LogP contribution < -0.4 is 0 Å². The first kappa shape index (κ1) is 131. The largest absolute Gasteiger partial charge is 0.338 e. The van der Waals surface area contributed by atoms with E-state index in [9.17, 15) is 19.2 Å². The second-order valence-electron chi connectivity index (χ2n) is 25.8. The van der Waals surface area contributed by atoms with Gasteiger partial charge in [-0.05, 0) is 132 Å². The first-order valence-electron chi connectivity index (χ1n) is 50.7. The second kappa shape index (κ2) is 87.0. The van der Waals surface area contributed by atoms with Crippen molar-refractivity contribution in [2.45, 2.75) is 240 Å². The molecular formula is C121H163N15O4S. The number of benzene rings is 8. The molecule has 8 aromatic carbocycles. The van der Waals surface area contributed by atoms with Gasteiger partial charge >= 0.3 is 0 Å². The van der Waals surface area contributed by atoms with Gasteiger partial charge in [-0.15, -0.1) is 11.3 Å². The molecule has 1 aliphatic rings. The maximum absolute atomic E-state index is 12.8. The number of nitrogens with zero attached hydrogens (tertiary/aromatic N) is 12. The minimum Gasteiger partial charge on any atom is -0.338 e. The highest BCUT2D eigenvalue weighted by atomic mass is 32.1. The number of Topliss-reactive ketones (excluding diaryl/α,β-unsaturated/α-hetero) is 4. The normalized spacial score (nSPS) is 9.67. The molecular weight excluding hydrogens is 1760 g/mol. The molecule has 8 heterocycles. The van der Waals surface area contributed by atoms with E-state index < -0.39 is 0 Å². The highest BCUT2D eigenvalue weighted by Gasteiger charge is 2.17. The van der Waals surface area contributed by atoms with Crippen molar-refractivity contribution < 1.29 is 19.2 Å². The summed E-state index contributed by atoms with van der Waals surface area (Å²) in [4.78, 5) is 79.7. The second-order valence-corrected chi connectivity index (χ2v) is 26.7. The van der Waals surface area contributed by atoms with Crippen molar-refractivity contribution in [3.8, 4) is 64.4 Å². The Morgan fingerprint density at radius 3 is 0.922 bits per heavy atom. The molecule has 0 saturated carbocycles. The van der Waals surface area contributed by atoms with Gasteiger partial charge < -0.3 is 23.6 Å². The minimum absolute atomic E-state index is 0.0583. The van der Waals surface area contributed by atoms with Crippen LogP contribution in [0.4, 0.5) is 0 Å². The van der Waals surface area contributed by atoms with Crippen LogP contribution in [0.25, 0.3) is 17.1 Å². The number of aromatic amines is 3. The van der Waals surface area contributed by atoms with E-state index >= 15 is 0 Å². The summed E-state index contributed by atoms with van der Waals surface area (Å²) in [6.07, 6.45) is 29.3. The molecule has 752 valence electrons. The summed E-state index contributed by atoms with van der Waals surface area (Å²) < 4.78 is 5.75. The molecule has 16 rings (SSSR count). The molecule has 19 nitrogen and oxygen atoms in total. The number of rotatable bonds is 17. The van der Waals surface area contributed by atoms with E-state index in [4.69, 9.17) is 0 Å². The smallest absolute Gasteiger partial charge is 0.167 e. The van der Waals surface area contributed by atoms with Gasteiger partial charge in [0.05, 0.1) is 71.6 Å². The summed E-state index contributed by atoms with van der Waals surface area (Å²) in [7, 11) is 2.17. The first-order chi connectivity index (χ1) is 69.5. The van der Waals surface area contributed by atoms with Crippen molar-refractivity contribution in [2.75, 3.05) is 33.2 Å². The number of hydrogen-bond donors (Lipinski definition) is 3. The Bertz CT molecular complexity index is 5410. The minimum atomic E-state index is 0.0583. The van der Waals surface area contributed by atoms with Crippen LogP contribution in [0, 0.1) is 47.4 Å². The number of carbonyl (C=O) groups excluding carboxylic acids is 4. The Balaban J connectivity index is -0.00000165. The third kappa shape index (κ3) is 51.6. The fraction of sp³-hybridized carbons (Fsp3) is 0.331. The van der Waals surface area contributed by atoms with Crippen LogP contribution >= 0.6 is 11.3 Å². The van der Waals surface area contributed by atoms with Crippen LogP contribution in [-0.4, -0.2) is 130 Å². The Kier molecular flexibility index (Phi) is 80.6. The zero-order valence-corrected chi connectivity index (χ0v) is 91.4. The summed E-state index contributed by atoms with van der Waals surface area (Å²) in [5.41, 5.74) is 18.2. The van der Waals surface area contributed by atoms with Crippen molar-refractivity contribution in [2.24, 2.45) is 0 Å². The summed E-state index contributed by atoms with van der Waals surface area (Å²) in [5, 5.41) is 13.2. The highest BCUT2D eigenvalue weighted by Crippen LogP contribution is 2.21. The maximum atomic E-state index is 12.8. The summed E-state index contributed by atoms with van der Waals surface area (Å²) in [6.45, 7) is 65.4. The van der Waals surface area contributed by atoms with Gasteiger partial charge in [-0.1, -0.05) is 352 Å². The summed E-state index contributed by atoms with van der Waals surface area (Å²) >= 11 is 1.50. The van der Waals surface area contributed by atoms with E-state index in [1.807, 2.05) is 410 Å². The van der Waals surface area contributed by atoms with Crippen molar-refractivity contribution in [1.29, 1.82) is 0 Å². The molecule has 0 spiro atoms. The van der Waals surface area contributed by atoms with Crippen LogP contribution in [0.15, 0.2) is 299 Å². The lowest BCUT2D eigenvalue weighted by Crippen LogP contribution is -2.43. The SMILES string of the molecule is CC.CC.CC.CC.CC.CC.CC.CC.CC.CC.CC.CC.CC.CC.CC.CN1CCN(Cc2ccc(CC(=O)c3cccc(C#Cc4cn[nH]c4)c3)cc2)CC1.O=C(Cc1cccc(-n2ccnc2)c1)c1cccc(C#Cc2cn[nH]c2)c1.O=C(Cc1cccc(-n2ccnc2)c1)c1cccc(C#Cc2cnc[nH]2)c1.O=C(Cc1cccc(-n2ccnc2)c1)c1cccc(C#Cc2cncs2)c1. The first-order valence-corrected chi connectivity index (χ1v) is 51.5. The van der Waals surface area contributed by atoms with Gasteiger partial charge in [-0.25, -0.2) is 19.9 Å². The van der Waals surface area contributed by atoms with Crippen molar-refractivity contribution in [3.05, 3.63) is 393 Å². The lowest BCUT2D eigenvalue weighted by Gasteiger charge is -2.32. The van der Waals surface area contributed by atoms with Crippen LogP contribution in [0.1, 0.15) is 321 Å². The number of nitrogens with one attached hydrogen (secondary N) is 3. The van der Waals surface area contributed by atoms with Crippen LogP contribution in [0.5, 0.6) is 0 Å². The molecule has 0 amide bonds. The third-order valence-electron chi connectivity index (χ3n) is 17.7. The number of piperazine rings is 1. The molecule has 7 aromatic heterocycles. The Morgan fingerprint density at radius 1 is 0.312 bits per heavy atom. The number of imidazole rings is 4. The standard InChI is InChI=1S/C25H26N4O.2C22H16N4O.C22H15N3OS.15C2H6/c1-28-11-13-29(14-12-28)19-22-8-5-21(6-9-22)16-25(30)24-4-2-3-20(15-24)7-10-23-17-26-27-18-23;27-22(13-18-4-2-6-21(12-18)26-10-9-23-16-26)20-5-1-3-17(11-20)7-8-19-14-24-25-15-19;27-22(13-18-4-2-6-21(12-18)26-10-9-23-16-26)19-5-1-3-17(11-19)7-8-20-14-24-15-25-20;26-22(13-18-4-2-6-20(12-18)25-10-9-23-15-25)19-5-1-3-17(11-19)7-8-21-14-24-16-27-21;15*1-2/h2-6,8-9,15,17-18H,11-14,16,19H2,1H3,(H,26,27);2*1-6,9-12,14-16H,13H2,(H,24,25);1-6,9-12,14-16H,13H2;15*1-2H3. The average Bonchev–Trinajstić information content (AvgIpc) is 1.84. The lowest BCUT2D eigenvalue weighted by molar-refractivity contribution is 0.0984.